The Hall–Kier alpha value is -2.08. The maximum Gasteiger partial charge on any atom is 0.335 e. The van der Waals surface area contributed by atoms with E-state index in [1.165, 1.54) is 12.8 Å². The van der Waals surface area contributed by atoms with Crippen molar-refractivity contribution < 1.29 is 19.4 Å². The Morgan fingerprint density at radius 3 is 2.57 bits per heavy atom. The summed E-state index contributed by atoms with van der Waals surface area (Å²) in [5.74, 6) is -0.342. The van der Waals surface area contributed by atoms with Crippen LogP contribution in [-0.4, -0.2) is 47.3 Å². The molecule has 6 heteroatoms. The van der Waals surface area contributed by atoms with Gasteiger partial charge in [-0.1, -0.05) is 12.1 Å². The largest absolute Gasteiger partial charge is 0.478 e. The smallest absolute Gasteiger partial charge is 0.335 e. The Morgan fingerprint density at radius 1 is 1.26 bits per heavy atom. The fourth-order valence-electron chi connectivity index (χ4n) is 2.94. The molecule has 2 amide bonds. The number of aromatic carboxylic acids is 1. The van der Waals surface area contributed by atoms with Crippen LogP contribution in [0.15, 0.2) is 24.3 Å². The molecule has 0 spiro atoms. The van der Waals surface area contributed by atoms with Crippen LogP contribution in [0, 0.1) is 5.92 Å². The van der Waals surface area contributed by atoms with Crippen molar-refractivity contribution in [2.75, 3.05) is 13.1 Å². The molecule has 1 heterocycles. The number of carbonyl (C=O) groups excluding carboxylic acids is 1. The molecule has 6 nitrogen and oxygen atoms in total. The van der Waals surface area contributed by atoms with Gasteiger partial charge < -0.3 is 20.1 Å². The third-order valence-corrected chi connectivity index (χ3v) is 4.36. The number of morpholine rings is 1. The van der Waals surface area contributed by atoms with Gasteiger partial charge in [-0.15, -0.1) is 0 Å². The minimum absolute atomic E-state index is 0.0648. The Balaban J connectivity index is 1.52. The van der Waals surface area contributed by atoms with Gasteiger partial charge in [0.05, 0.1) is 17.8 Å². The van der Waals surface area contributed by atoms with Crippen LogP contribution in [0.1, 0.15) is 35.7 Å². The Labute approximate surface area is 135 Å². The van der Waals surface area contributed by atoms with Crippen molar-refractivity contribution in [2.45, 2.75) is 38.5 Å². The molecule has 2 atom stereocenters. The lowest BCUT2D eigenvalue weighted by Gasteiger charge is -2.37. The van der Waals surface area contributed by atoms with Gasteiger partial charge in [-0.2, -0.15) is 0 Å². The third kappa shape index (κ3) is 4.01. The van der Waals surface area contributed by atoms with Crippen LogP contribution >= 0.6 is 0 Å². The number of carboxylic acids is 1. The number of carbonyl (C=O) groups is 2. The van der Waals surface area contributed by atoms with E-state index in [-0.39, 0.29) is 23.8 Å². The summed E-state index contributed by atoms with van der Waals surface area (Å²) in [4.78, 5) is 25.0. The van der Waals surface area contributed by atoms with Crippen molar-refractivity contribution in [1.29, 1.82) is 0 Å². The van der Waals surface area contributed by atoms with Crippen LogP contribution in [0.4, 0.5) is 4.79 Å². The predicted molar refractivity (Wildman–Crippen MR) is 84.3 cm³/mol. The van der Waals surface area contributed by atoms with Gasteiger partial charge in [0.2, 0.25) is 0 Å². The zero-order chi connectivity index (χ0) is 16.4. The number of hydrogen-bond acceptors (Lipinski definition) is 3. The van der Waals surface area contributed by atoms with E-state index in [0.29, 0.717) is 25.6 Å². The molecule has 1 aromatic carbocycles. The molecule has 2 N–H and O–H groups in total. The average molecular weight is 318 g/mol. The summed E-state index contributed by atoms with van der Waals surface area (Å²) < 4.78 is 5.91. The van der Waals surface area contributed by atoms with Crippen molar-refractivity contribution in [1.82, 2.24) is 10.2 Å². The molecule has 3 rings (SSSR count). The van der Waals surface area contributed by atoms with Gasteiger partial charge in [-0.3, -0.25) is 0 Å². The number of rotatable bonds is 4. The highest BCUT2D eigenvalue weighted by Crippen LogP contribution is 2.36. The Morgan fingerprint density at radius 2 is 1.96 bits per heavy atom. The maximum atomic E-state index is 12.3. The van der Waals surface area contributed by atoms with Crippen molar-refractivity contribution in [3.8, 4) is 0 Å². The molecule has 2 unspecified atom stereocenters. The fourth-order valence-corrected chi connectivity index (χ4v) is 2.94. The lowest BCUT2D eigenvalue weighted by atomic mass is 10.1. The number of benzene rings is 1. The molecule has 0 aromatic heterocycles. The highest BCUT2D eigenvalue weighted by Gasteiger charge is 2.38. The van der Waals surface area contributed by atoms with Crippen LogP contribution in [0.3, 0.4) is 0 Å². The zero-order valence-corrected chi connectivity index (χ0v) is 13.2. The molecule has 1 saturated heterocycles. The maximum absolute atomic E-state index is 12.3. The number of hydrogen-bond donors (Lipinski definition) is 2. The first-order valence-corrected chi connectivity index (χ1v) is 8.03. The van der Waals surface area contributed by atoms with Crippen LogP contribution in [0.5, 0.6) is 0 Å². The van der Waals surface area contributed by atoms with Crippen LogP contribution in [-0.2, 0) is 11.3 Å². The van der Waals surface area contributed by atoms with Crippen molar-refractivity contribution in [3.05, 3.63) is 35.4 Å². The number of urea groups is 1. The summed E-state index contributed by atoms with van der Waals surface area (Å²) in [5.41, 5.74) is 1.12. The number of carboxylic acid groups (broad SMARTS) is 1. The van der Waals surface area contributed by atoms with E-state index in [9.17, 15) is 9.59 Å². The van der Waals surface area contributed by atoms with Gasteiger partial charge in [0.1, 0.15) is 0 Å². The molecule has 2 aliphatic rings. The van der Waals surface area contributed by atoms with Gasteiger partial charge in [-0.25, -0.2) is 9.59 Å². The number of nitrogens with one attached hydrogen (secondary N) is 1. The standard InChI is InChI=1S/C17H22N2O4/c1-11-9-19(10-15(23-11)13-6-7-13)17(22)18-8-12-2-4-14(5-3-12)16(20)21/h2-5,11,13,15H,6-10H2,1H3,(H,18,22)(H,20,21). The van der Waals surface area contributed by atoms with Gasteiger partial charge in [-0.05, 0) is 43.4 Å². The first kappa shape index (κ1) is 15.8. The summed E-state index contributed by atoms with van der Waals surface area (Å²) >= 11 is 0. The van der Waals surface area contributed by atoms with E-state index in [2.05, 4.69) is 5.32 Å². The lowest BCUT2D eigenvalue weighted by molar-refractivity contribution is -0.0731. The third-order valence-electron chi connectivity index (χ3n) is 4.36. The van der Waals surface area contributed by atoms with E-state index in [1.54, 1.807) is 24.3 Å². The minimum Gasteiger partial charge on any atom is -0.478 e. The predicted octanol–water partition coefficient (Wildman–Crippen LogP) is 2.09. The molecule has 23 heavy (non-hydrogen) atoms. The monoisotopic (exact) mass is 318 g/mol. The molecule has 0 radical (unpaired) electrons. The lowest BCUT2D eigenvalue weighted by Crippen LogP contribution is -2.52. The highest BCUT2D eigenvalue weighted by atomic mass is 16.5. The van der Waals surface area contributed by atoms with E-state index < -0.39 is 5.97 Å². The zero-order valence-electron chi connectivity index (χ0n) is 13.2. The van der Waals surface area contributed by atoms with Gasteiger partial charge >= 0.3 is 12.0 Å². The molecule has 1 aliphatic heterocycles. The Kier molecular flexibility index (Phi) is 4.52. The quantitative estimate of drug-likeness (QED) is 0.891. The molecule has 1 saturated carbocycles. The number of nitrogens with zero attached hydrogens (tertiary/aromatic N) is 1. The SMILES string of the molecule is CC1CN(C(=O)NCc2ccc(C(=O)O)cc2)CC(C2CC2)O1. The second-order valence-corrected chi connectivity index (χ2v) is 6.39. The molecule has 124 valence electrons. The van der Waals surface area contributed by atoms with Crippen LogP contribution in [0.2, 0.25) is 0 Å². The highest BCUT2D eigenvalue weighted by molar-refractivity contribution is 5.87. The van der Waals surface area contributed by atoms with E-state index in [4.69, 9.17) is 9.84 Å². The molecule has 1 aromatic rings. The summed E-state index contributed by atoms with van der Waals surface area (Å²) in [7, 11) is 0. The molecular weight excluding hydrogens is 296 g/mol. The van der Waals surface area contributed by atoms with Crippen LogP contribution < -0.4 is 5.32 Å². The second kappa shape index (κ2) is 6.58. The number of ether oxygens (including phenoxy) is 1. The van der Waals surface area contributed by atoms with Crippen molar-refractivity contribution >= 4 is 12.0 Å². The summed E-state index contributed by atoms with van der Waals surface area (Å²) in [5, 5.41) is 11.8. The summed E-state index contributed by atoms with van der Waals surface area (Å²) in [6.07, 6.45) is 2.63. The normalized spacial score (nSPS) is 24.3. The van der Waals surface area contributed by atoms with Gasteiger partial charge in [0.25, 0.3) is 0 Å². The average Bonchev–Trinajstić information content (AvgIpc) is 3.37. The van der Waals surface area contributed by atoms with E-state index in [0.717, 1.165) is 5.56 Å². The number of amides is 2. The molecule has 0 bridgehead atoms. The van der Waals surface area contributed by atoms with E-state index in [1.807, 2.05) is 11.8 Å². The Bertz CT molecular complexity index is 583. The first-order valence-electron chi connectivity index (χ1n) is 8.03. The van der Waals surface area contributed by atoms with Gasteiger partial charge in [0.15, 0.2) is 0 Å². The summed E-state index contributed by atoms with van der Waals surface area (Å²) in [6.45, 7) is 3.64. The molecule has 2 fully saturated rings. The van der Waals surface area contributed by atoms with Crippen LogP contribution in [0.25, 0.3) is 0 Å². The first-order chi connectivity index (χ1) is 11.0. The van der Waals surface area contributed by atoms with Crippen molar-refractivity contribution in [2.24, 2.45) is 5.92 Å². The summed E-state index contributed by atoms with van der Waals surface area (Å²) in [6, 6.07) is 6.44. The molecular formula is C17H22N2O4. The van der Waals surface area contributed by atoms with Crippen molar-refractivity contribution in [3.63, 3.8) is 0 Å². The van der Waals surface area contributed by atoms with E-state index >= 15 is 0 Å². The van der Waals surface area contributed by atoms with Gasteiger partial charge in [0, 0.05) is 19.6 Å². The fraction of sp³-hybridized carbons (Fsp3) is 0.529. The minimum atomic E-state index is -0.950. The second-order valence-electron chi connectivity index (χ2n) is 6.39. The topological polar surface area (TPSA) is 78.9 Å². The molecule has 1 aliphatic carbocycles.